The zero-order valence-corrected chi connectivity index (χ0v) is 17.4. The highest BCUT2D eigenvalue weighted by Crippen LogP contribution is 2.42. The smallest absolute Gasteiger partial charge is 0.414 e. The van der Waals surface area contributed by atoms with Gasteiger partial charge in [0.25, 0.3) is 0 Å². The average Bonchev–Trinajstić information content (AvgIpc) is 3.18. The molecule has 0 N–H and O–H groups in total. The molecule has 1 amide bonds. The first kappa shape index (κ1) is 19.4. The Morgan fingerprint density at radius 3 is 2.59 bits per heavy atom. The van der Waals surface area contributed by atoms with Crippen molar-refractivity contribution in [3.05, 3.63) is 59.2 Å². The minimum Gasteiger partial charge on any atom is -0.443 e. The highest BCUT2D eigenvalue weighted by molar-refractivity contribution is 5.92. The minimum atomic E-state index is -0.585. The summed E-state index contributed by atoms with van der Waals surface area (Å²) in [6, 6.07) is 8.43. The lowest BCUT2D eigenvalue weighted by Crippen LogP contribution is -2.38. The van der Waals surface area contributed by atoms with Crippen LogP contribution in [-0.2, 0) is 16.6 Å². The van der Waals surface area contributed by atoms with Gasteiger partial charge in [0.1, 0.15) is 11.4 Å². The zero-order valence-electron chi connectivity index (χ0n) is 17.4. The van der Waals surface area contributed by atoms with E-state index in [4.69, 9.17) is 4.74 Å². The molecule has 7 heteroatoms. The third kappa shape index (κ3) is 3.57. The number of hydrogen-bond acceptors (Lipinski definition) is 4. The van der Waals surface area contributed by atoms with Crippen LogP contribution in [0.15, 0.2) is 36.5 Å². The molecular weight excluding hydrogens is 371 g/mol. The van der Waals surface area contributed by atoms with Gasteiger partial charge >= 0.3 is 6.09 Å². The van der Waals surface area contributed by atoms with Crippen LogP contribution >= 0.6 is 0 Å². The van der Waals surface area contributed by atoms with Gasteiger partial charge in [0.05, 0.1) is 23.1 Å². The van der Waals surface area contributed by atoms with Gasteiger partial charge in [-0.2, -0.15) is 0 Å². The molecule has 0 saturated heterocycles. The molecule has 1 aliphatic rings. The minimum absolute atomic E-state index is 0.267. The summed E-state index contributed by atoms with van der Waals surface area (Å²) in [7, 11) is 0. The van der Waals surface area contributed by atoms with Crippen molar-refractivity contribution in [2.24, 2.45) is 0 Å². The van der Waals surface area contributed by atoms with E-state index in [1.807, 2.05) is 31.4 Å². The molecule has 0 fully saturated rings. The number of ether oxygens (including phenoxy) is 1. The van der Waals surface area contributed by atoms with Crippen molar-refractivity contribution < 1.29 is 13.9 Å². The zero-order chi connectivity index (χ0) is 21.0. The first-order valence-corrected chi connectivity index (χ1v) is 9.67. The Balaban J connectivity index is 1.82. The third-order valence-electron chi connectivity index (χ3n) is 5.05. The normalized spacial score (nSPS) is 15.6. The SMILES string of the molecule is CC(C)(C)OC(=O)N1CC(C)(C)c2c1cc(Cc1ccc(F)cc1)c1cnnn21. The molecule has 0 atom stereocenters. The molecule has 4 rings (SSSR count). The van der Waals surface area contributed by atoms with Crippen molar-refractivity contribution in [1.29, 1.82) is 0 Å². The van der Waals surface area contributed by atoms with Crippen LogP contribution in [0.25, 0.3) is 5.52 Å². The molecule has 3 heterocycles. The maximum absolute atomic E-state index is 13.3. The third-order valence-corrected chi connectivity index (χ3v) is 5.05. The molecule has 0 unspecified atom stereocenters. The van der Waals surface area contributed by atoms with Crippen molar-refractivity contribution in [2.75, 3.05) is 11.4 Å². The summed E-state index contributed by atoms with van der Waals surface area (Å²) in [6.45, 7) is 10.2. The predicted molar refractivity (Wildman–Crippen MR) is 109 cm³/mol. The van der Waals surface area contributed by atoms with Gasteiger partial charge in [0, 0.05) is 12.0 Å². The largest absolute Gasteiger partial charge is 0.443 e. The van der Waals surface area contributed by atoms with Gasteiger partial charge in [-0.25, -0.2) is 13.7 Å². The van der Waals surface area contributed by atoms with Gasteiger partial charge in [-0.3, -0.25) is 4.90 Å². The number of carbonyl (C=O) groups is 1. The maximum Gasteiger partial charge on any atom is 0.414 e. The summed E-state index contributed by atoms with van der Waals surface area (Å²) in [5, 5.41) is 8.41. The molecule has 0 spiro atoms. The molecular formula is C22H25FN4O2. The fourth-order valence-electron chi connectivity index (χ4n) is 3.87. The number of benzene rings is 1. The molecule has 3 aromatic rings. The molecule has 0 radical (unpaired) electrons. The van der Waals surface area contributed by atoms with E-state index in [1.165, 1.54) is 12.1 Å². The number of nitrogens with zero attached hydrogens (tertiary/aromatic N) is 4. The molecule has 0 saturated carbocycles. The lowest BCUT2D eigenvalue weighted by atomic mass is 9.90. The number of carbonyl (C=O) groups excluding carboxylic acids is 1. The average molecular weight is 396 g/mol. The van der Waals surface area contributed by atoms with E-state index in [2.05, 4.69) is 24.2 Å². The lowest BCUT2D eigenvalue weighted by molar-refractivity contribution is 0.0579. The van der Waals surface area contributed by atoms with Crippen molar-refractivity contribution in [3.8, 4) is 0 Å². The molecule has 0 aliphatic carbocycles. The maximum atomic E-state index is 13.3. The summed E-state index contributed by atoms with van der Waals surface area (Å²) < 4.78 is 20.7. The van der Waals surface area contributed by atoms with E-state index in [9.17, 15) is 9.18 Å². The van der Waals surface area contributed by atoms with Crippen LogP contribution in [-0.4, -0.2) is 33.1 Å². The summed E-state index contributed by atoms with van der Waals surface area (Å²) in [5.74, 6) is -0.267. The van der Waals surface area contributed by atoms with Crippen LogP contribution < -0.4 is 4.90 Å². The Kier molecular flexibility index (Phi) is 4.37. The second kappa shape index (κ2) is 6.54. The van der Waals surface area contributed by atoms with Crippen molar-refractivity contribution >= 4 is 17.3 Å². The van der Waals surface area contributed by atoms with E-state index < -0.39 is 5.60 Å². The van der Waals surface area contributed by atoms with Crippen molar-refractivity contribution in [1.82, 2.24) is 14.8 Å². The first-order chi connectivity index (χ1) is 13.5. The summed E-state index contributed by atoms with van der Waals surface area (Å²) in [5.41, 5.74) is 3.62. The summed E-state index contributed by atoms with van der Waals surface area (Å²) >= 11 is 0. The lowest BCUT2D eigenvalue weighted by Gasteiger charge is -2.25. The Labute approximate surface area is 169 Å². The number of halogens is 1. The standard InChI is InChI=1S/C22H25FN4O2/c1-21(2,3)29-20(28)26-13-22(4,5)19-17(26)11-15(18-12-24-25-27(18)19)10-14-6-8-16(23)9-7-14/h6-9,11-12H,10,13H2,1-5H3. The monoisotopic (exact) mass is 396 g/mol. The molecule has 1 aliphatic heterocycles. The van der Waals surface area contributed by atoms with Gasteiger partial charge in [-0.05, 0) is 56.5 Å². The predicted octanol–water partition coefficient (Wildman–Crippen LogP) is 4.49. The van der Waals surface area contributed by atoms with Gasteiger partial charge in [-0.1, -0.05) is 31.2 Å². The molecule has 1 aromatic carbocycles. The summed E-state index contributed by atoms with van der Waals surface area (Å²) in [4.78, 5) is 14.6. The molecule has 0 bridgehead atoms. The number of rotatable bonds is 2. The van der Waals surface area contributed by atoms with Crippen LogP contribution in [0.2, 0.25) is 0 Å². The fourth-order valence-corrected chi connectivity index (χ4v) is 3.87. The van der Waals surface area contributed by atoms with E-state index in [-0.39, 0.29) is 17.3 Å². The summed E-state index contributed by atoms with van der Waals surface area (Å²) in [6.07, 6.45) is 1.93. The van der Waals surface area contributed by atoms with Gasteiger partial charge in [0.15, 0.2) is 0 Å². The Bertz CT molecular complexity index is 1080. The van der Waals surface area contributed by atoms with Crippen LogP contribution in [0.4, 0.5) is 14.9 Å². The van der Waals surface area contributed by atoms with Crippen molar-refractivity contribution in [3.63, 3.8) is 0 Å². The number of anilines is 1. The second-order valence-corrected chi connectivity index (χ2v) is 9.19. The van der Waals surface area contributed by atoms with Crippen LogP contribution in [0.1, 0.15) is 51.4 Å². The van der Waals surface area contributed by atoms with Gasteiger partial charge in [0.2, 0.25) is 0 Å². The number of aromatic nitrogens is 3. The Morgan fingerprint density at radius 2 is 1.93 bits per heavy atom. The highest BCUT2D eigenvalue weighted by Gasteiger charge is 2.42. The number of fused-ring (bicyclic) bond motifs is 3. The van der Waals surface area contributed by atoms with E-state index in [0.717, 1.165) is 28.0 Å². The van der Waals surface area contributed by atoms with Crippen LogP contribution in [0, 0.1) is 5.82 Å². The van der Waals surface area contributed by atoms with Gasteiger partial charge < -0.3 is 4.74 Å². The topological polar surface area (TPSA) is 59.7 Å². The number of pyridine rings is 1. The number of hydrogen-bond donors (Lipinski definition) is 0. The van der Waals surface area contributed by atoms with E-state index >= 15 is 0 Å². The quantitative estimate of drug-likeness (QED) is 0.640. The van der Waals surface area contributed by atoms with Crippen LogP contribution in [0.3, 0.4) is 0 Å². The Hall–Kier alpha value is -2.96. The number of amides is 1. The highest BCUT2D eigenvalue weighted by atomic mass is 19.1. The molecule has 152 valence electrons. The first-order valence-electron chi connectivity index (χ1n) is 9.67. The van der Waals surface area contributed by atoms with Gasteiger partial charge in [-0.15, -0.1) is 5.10 Å². The Morgan fingerprint density at radius 1 is 1.24 bits per heavy atom. The second-order valence-electron chi connectivity index (χ2n) is 9.19. The fraction of sp³-hybridized carbons (Fsp3) is 0.409. The molecule has 2 aromatic heterocycles. The molecule has 6 nitrogen and oxygen atoms in total. The van der Waals surface area contributed by atoms with E-state index in [1.54, 1.807) is 23.2 Å². The van der Waals surface area contributed by atoms with Crippen molar-refractivity contribution in [2.45, 2.75) is 52.1 Å². The van der Waals surface area contributed by atoms with Crippen LogP contribution in [0.5, 0.6) is 0 Å². The van der Waals surface area contributed by atoms with E-state index in [0.29, 0.717) is 13.0 Å². The molecule has 29 heavy (non-hydrogen) atoms.